The first-order valence-corrected chi connectivity index (χ1v) is 13.0. The molecule has 1 saturated carbocycles. The second-order valence-electron chi connectivity index (χ2n) is 12.5. The normalized spacial score (nSPS) is 24.5. The summed E-state index contributed by atoms with van der Waals surface area (Å²) in [5.41, 5.74) is 4.31. The molecular weight excluding hydrogens is 412 g/mol. The maximum Gasteiger partial charge on any atom is 0.410 e. The second-order valence-corrected chi connectivity index (χ2v) is 12.5. The monoisotopic (exact) mass is 454 g/mol. The van der Waals surface area contributed by atoms with Gasteiger partial charge in [0.15, 0.2) is 0 Å². The van der Waals surface area contributed by atoms with E-state index in [9.17, 15) is 4.79 Å². The number of fused-ring (bicyclic) bond motifs is 2. The van der Waals surface area contributed by atoms with E-state index in [1.54, 1.807) is 0 Å². The third-order valence-corrected chi connectivity index (χ3v) is 8.94. The molecule has 3 aliphatic heterocycles. The molecule has 1 aromatic carbocycles. The molecule has 182 valence electrons. The molecule has 5 rings (SSSR count). The molecule has 2 spiro atoms. The van der Waals surface area contributed by atoms with Gasteiger partial charge in [0.1, 0.15) is 11.4 Å². The lowest BCUT2D eigenvalue weighted by Gasteiger charge is -2.53. The zero-order valence-electron chi connectivity index (χ0n) is 21.3. The van der Waals surface area contributed by atoms with Crippen LogP contribution >= 0.6 is 0 Å². The van der Waals surface area contributed by atoms with Gasteiger partial charge in [-0.2, -0.15) is 0 Å². The van der Waals surface area contributed by atoms with Gasteiger partial charge in [0.2, 0.25) is 0 Å². The van der Waals surface area contributed by atoms with Crippen LogP contribution in [-0.4, -0.2) is 60.8 Å². The van der Waals surface area contributed by atoms with Crippen molar-refractivity contribution in [3.05, 3.63) is 28.8 Å². The highest BCUT2D eigenvalue weighted by atomic mass is 16.6. The van der Waals surface area contributed by atoms with Crippen molar-refractivity contribution in [1.29, 1.82) is 0 Å². The summed E-state index contributed by atoms with van der Waals surface area (Å²) in [5, 5.41) is 0. The average Bonchev–Trinajstić information content (AvgIpc) is 3.09. The maximum atomic E-state index is 12.3. The van der Waals surface area contributed by atoms with Crippen LogP contribution in [0.25, 0.3) is 0 Å². The summed E-state index contributed by atoms with van der Waals surface area (Å²) in [4.78, 5) is 16.9. The Labute approximate surface area is 199 Å². The second kappa shape index (κ2) is 8.18. The highest BCUT2D eigenvalue weighted by Crippen LogP contribution is 2.49. The fraction of sp³-hybridized carbons (Fsp3) is 0.750. The number of carbonyl (C=O) groups is 1. The minimum atomic E-state index is -0.408. The summed E-state index contributed by atoms with van der Waals surface area (Å²) >= 11 is 0. The van der Waals surface area contributed by atoms with Crippen molar-refractivity contribution in [3.8, 4) is 5.75 Å². The van der Waals surface area contributed by atoms with Crippen molar-refractivity contribution in [2.45, 2.75) is 84.2 Å². The van der Waals surface area contributed by atoms with Gasteiger partial charge in [0.05, 0.1) is 6.61 Å². The van der Waals surface area contributed by atoms with Gasteiger partial charge in [0.25, 0.3) is 0 Å². The Morgan fingerprint density at radius 1 is 1.09 bits per heavy atom. The minimum absolute atomic E-state index is 0.139. The molecule has 0 aromatic heterocycles. The number of amides is 1. The third kappa shape index (κ3) is 4.38. The van der Waals surface area contributed by atoms with Gasteiger partial charge < -0.3 is 19.3 Å². The van der Waals surface area contributed by atoms with Gasteiger partial charge >= 0.3 is 6.09 Å². The van der Waals surface area contributed by atoms with E-state index >= 15 is 0 Å². The molecule has 1 aliphatic carbocycles. The van der Waals surface area contributed by atoms with Crippen molar-refractivity contribution in [2.75, 3.05) is 39.3 Å². The van der Waals surface area contributed by atoms with E-state index in [0.29, 0.717) is 5.41 Å². The predicted octanol–water partition coefficient (Wildman–Crippen LogP) is 5.46. The van der Waals surface area contributed by atoms with Crippen molar-refractivity contribution < 1.29 is 14.3 Å². The third-order valence-electron chi connectivity index (χ3n) is 8.94. The molecule has 3 heterocycles. The fourth-order valence-corrected chi connectivity index (χ4v) is 6.63. The van der Waals surface area contributed by atoms with Crippen LogP contribution < -0.4 is 4.74 Å². The van der Waals surface area contributed by atoms with Gasteiger partial charge in [-0.3, -0.25) is 0 Å². The number of piperidine rings is 1. The summed E-state index contributed by atoms with van der Waals surface area (Å²) in [6.45, 7) is 16.4. The Bertz CT molecular complexity index is 894. The van der Waals surface area contributed by atoms with Crippen LogP contribution in [-0.2, 0) is 10.2 Å². The smallest absolute Gasteiger partial charge is 0.410 e. The van der Waals surface area contributed by atoms with E-state index < -0.39 is 5.60 Å². The van der Waals surface area contributed by atoms with E-state index in [4.69, 9.17) is 9.47 Å². The van der Waals surface area contributed by atoms with Crippen molar-refractivity contribution in [2.24, 2.45) is 11.3 Å². The minimum Gasteiger partial charge on any atom is -0.492 e. The Balaban J connectivity index is 1.08. The quantitative estimate of drug-likeness (QED) is 0.595. The lowest BCUT2D eigenvalue weighted by Crippen LogP contribution is -2.60. The summed E-state index contributed by atoms with van der Waals surface area (Å²) in [7, 11) is 0. The van der Waals surface area contributed by atoms with Crippen LogP contribution in [0.3, 0.4) is 0 Å². The number of hydrogen-bond donors (Lipinski definition) is 0. The van der Waals surface area contributed by atoms with Crippen molar-refractivity contribution >= 4 is 6.09 Å². The molecule has 0 bridgehead atoms. The standard InChI is InChI=1S/C28H42N2O3/c1-20-6-7-23-24(21(20)2)32-19-28(23)12-14-29(15-13-28)16-22-8-10-27(11-9-22)17-30(18-27)25(31)33-26(3,4)5/h6-7,22H,8-19H2,1-5H3. The first-order chi connectivity index (χ1) is 15.6. The molecule has 5 heteroatoms. The summed E-state index contributed by atoms with van der Waals surface area (Å²) in [6, 6.07) is 4.61. The van der Waals surface area contributed by atoms with Crippen LogP contribution in [0.15, 0.2) is 12.1 Å². The molecular formula is C28H42N2O3. The lowest BCUT2D eigenvalue weighted by molar-refractivity contribution is -0.0563. The number of ether oxygens (including phenoxy) is 2. The summed E-state index contributed by atoms with van der Waals surface area (Å²) in [6.07, 6.45) is 7.40. The molecule has 1 aromatic rings. The highest BCUT2D eigenvalue weighted by molar-refractivity contribution is 5.69. The van der Waals surface area contributed by atoms with E-state index in [1.165, 1.54) is 80.6 Å². The molecule has 3 fully saturated rings. The predicted molar refractivity (Wildman–Crippen MR) is 131 cm³/mol. The van der Waals surface area contributed by atoms with Crippen LogP contribution in [0.4, 0.5) is 4.79 Å². The molecule has 33 heavy (non-hydrogen) atoms. The van der Waals surface area contributed by atoms with E-state index in [1.807, 2.05) is 25.7 Å². The molecule has 0 radical (unpaired) electrons. The molecule has 2 saturated heterocycles. The zero-order chi connectivity index (χ0) is 23.4. The van der Waals surface area contributed by atoms with E-state index in [0.717, 1.165) is 25.6 Å². The molecule has 4 aliphatic rings. The van der Waals surface area contributed by atoms with Crippen LogP contribution in [0.5, 0.6) is 5.75 Å². The number of benzene rings is 1. The van der Waals surface area contributed by atoms with Gasteiger partial charge in [-0.15, -0.1) is 0 Å². The summed E-state index contributed by atoms with van der Waals surface area (Å²) in [5.74, 6) is 1.97. The lowest BCUT2D eigenvalue weighted by atomic mass is 9.66. The first-order valence-electron chi connectivity index (χ1n) is 13.0. The Hall–Kier alpha value is -1.75. The van der Waals surface area contributed by atoms with Crippen LogP contribution in [0.1, 0.15) is 76.0 Å². The molecule has 0 atom stereocenters. The van der Waals surface area contributed by atoms with Gasteiger partial charge in [-0.1, -0.05) is 12.1 Å². The number of aryl methyl sites for hydroxylation is 1. The van der Waals surface area contributed by atoms with Crippen LogP contribution in [0.2, 0.25) is 0 Å². The van der Waals surface area contributed by atoms with Gasteiger partial charge in [-0.05, 0) is 103 Å². The van der Waals surface area contributed by atoms with E-state index in [2.05, 4.69) is 30.9 Å². The number of carbonyl (C=O) groups excluding carboxylic acids is 1. The highest BCUT2D eigenvalue weighted by Gasteiger charge is 2.48. The first kappa shape index (κ1) is 23.0. The van der Waals surface area contributed by atoms with Gasteiger partial charge in [-0.25, -0.2) is 4.79 Å². The van der Waals surface area contributed by atoms with Gasteiger partial charge in [0, 0.05) is 36.0 Å². The maximum absolute atomic E-state index is 12.3. The molecule has 1 amide bonds. The Morgan fingerprint density at radius 2 is 1.76 bits per heavy atom. The van der Waals surface area contributed by atoms with Crippen molar-refractivity contribution in [1.82, 2.24) is 9.80 Å². The molecule has 0 unspecified atom stereocenters. The van der Waals surface area contributed by atoms with Crippen molar-refractivity contribution in [3.63, 3.8) is 0 Å². The zero-order valence-corrected chi connectivity index (χ0v) is 21.3. The fourth-order valence-electron chi connectivity index (χ4n) is 6.63. The number of nitrogens with zero attached hydrogens (tertiary/aromatic N) is 2. The van der Waals surface area contributed by atoms with Crippen LogP contribution in [0, 0.1) is 25.2 Å². The Morgan fingerprint density at radius 3 is 2.39 bits per heavy atom. The number of likely N-dealkylation sites (tertiary alicyclic amines) is 2. The average molecular weight is 455 g/mol. The summed E-state index contributed by atoms with van der Waals surface area (Å²) < 4.78 is 11.8. The number of rotatable bonds is 2. The molecule has 0 N–H and O–H groups in total. The SMILES string of the molecule is Cc1ccc2c(c1C)OCC21CCN(CC2CCC3(CC2)CN(C(=O)OC(C)(C)C)C3)CC1. The largest absolute Gasteiger partial charge is 0.492 e. The van der Waals surface area contributed by atoms with E-state index in [-0.39, 0.29) is 11.5 Å². The molecule has 5 nitrogen and oxygen atoms in total. The topological polar surface area (TPSA) is 42.0 Å². The Kier molecular flexibility index (Phi) is 5.70. The number of hydrogen-bond acceptors (Lipinski definition) is 4.